The molecule has 0 saturated carbocycles. The Morgan fingerprint density at radius 1 is 0.952 bits per heavy atom. The van der Waals surface area contributed by atoms with E-state index >= 15 is 0 Å². The van der Waals surface area contributed by atoms with Crippen LogP contribution in [0.1, 0.15) is 11.1 Å². The Kier molecular flexibility index (Phi) is 3.53. The molecule has 0 spiro atoms. The Morgan fingerprint density at radius 3 is 2.57 bits per heavy atom. The van der Waals surface area contributed by atoms with Gasteiger partial charge in [-0.2, -0.15) is 5.26 Å². The summed E-state index contributed by atoms with van der Waals surface area (Å²) in [5.41, 5.74) is 2.06. The van der Waals surface area contributed by atoms with Gasteiger partial charge in [0.1, 0.15) is 5.82 Å². The summed E-state index contributed by atoms with van der Waals surface area (Å²) in [5, 5.41) is 14.4. The Bertz CT molecular complexity index is 834. The zero-order valence-electron chi connectivity index (χ0n) is 11.3. The van der Waals surface area contributed by atoms with E-state index in [1.54, 1.807) is 6.07 Å². The predicted octanol–water partition coefficient (Wildman–Crippen LogP) is 4.46. The lowest BCUT2D eigenvalue weighted by Gasteiger charge is -2.08. The van der Waals surface area contributed by atoms with Gasteiger partial charge in [-0.05, 0) is 46.7 Å². The topological polar surface area (TPSA) is 35.8 Å². The number of anilines is 1. The third kappa shape index (κ3) is 3.01. The van der Waals surface area contributed by atoms with Crippen LogP contribution in [-0.2, 0) is 6.54 Å². The highest BCUT2D eigenvalue weighted by Crippen LogP contribution is 2.19. The molecule has 1 N–H and O–H groups in total. The fourth-order valence-corrected chi connectivity index (χ4v) is 2.32. The van der Waals surface area contributed by atoms with Gasteiger partial charge in [0.05, 0.1) is 11.6 Å². The highest BCUT2D eigenvalue weighted by atomic mass is 19.1. The van der Waals surface area contributed by atoms with Crippen molar-refractivity contribution in [2.45, 2.75) is 6.54 Å². The smallest absolute Gasteiger partial charge is 0.124 e. The van der Waals surface area contributed by atoms with Gasteiger partial charge in [0.2, 0.25) is 0 Å². The van der Waals surface area contributed by atoms with Gasteiger partial charge in [0, 0.05) is 12.2 Å². The summed E-state index contributed by atoms with van der Waals surface area (Å²) in [4.78, 5) is 0. The van der Waals surface area contributed by atoms with E-state index in [0.717, 1.165) is 16.6 Å². The van der Waals surface area contributed by atoms with Gasteiger partial charge in [-0.3, -0.25) is 0 Å². The van der Waals surface area contributed by atoms with Gasteiger partial charge in [-0.15, -0.1) is 0 Å². The minimum absolute atomic E-state index is 0.338. The van der Waals surface area contributed by atoms with Crippen LogP contribution in [-0.4, -0.2) is 0 Å². The molecule has 3 heteroatoms. The SMILES string of the molecule is N#Cc1cc(F)cc(CNc2ccc3ccccc3c2)c1. The Balaban J connectivity index is 1.80. The van der Waals surface area contributed by atoms with Crippen molar-refractivity contribution in [3.63, 3.8) is 0 Å². The molecule has 0 aromatic heterocycles. The van der Waals surface area contributed by atoms with Crippen LogP contribution in [0.2, 0.25) is 0 Å². The summed E-state index contributed by atoms with van der Waals surface area (Å²) < 4.78 is 13.4. The van der Waals surface area contributed by atoms with E-state index in [1.165, 1.54) is 17.5 Å². The molecule has 2 nitrogen and oxygen atoms in total. The Morgan fingerprint density at radius 2 is 1.76 bits per heavy atom. The van der Waals surface area contributed by atoms with E-state index in [-0.39, 0.29) is 5.82 Å². The average Bonchev–Trinajstić information content (AvgIpc) is 2.52. The molecule has 0 radical (unpaired) electrons. The number of nitriles is 1. The number of hydrogen-bond donors (Lipinski definition) is 1. The molecule has 21 heavy (non-hydrogen) atoms. The predicted molar refractivity (Wildman–Crippen MR) is 82.4 cm³/mol. The third-order valence-electron chi connectivity index (χ3n) is 3.33. The maximum Gasteiger partial charge on any atom is 0.124 e. The van der Waals surface area contributed by atoms with E-state index in [0.29, 0.717) is 12.1 Å². The molecule has 0 aliphatic carbocycles. The van der Waals surface area contributed by atoms with E-state index in [4.69, 9.17) is 5.26 Å². The molecule has 102 valence electrons. The molecule has 0 aliphatic rings. The minimum atomic E-state index is -0.385. The number of nitrogens with zero attached hydrogens (tertiary/aromatic N) is 1. The van der Waals surface area contributed by atoms with Crippen molar-refractivity contribution in [1.29, 1.82) is 5.26 Å². The van der Waals surface area contributed by atoms with Crippen molar-refractivity contribution >= 4 is 16.5 Å². The zero-order valence-corrected chi connectivity index (χ0v) is 11.3. The minimum Gasteiger partial charge on any atom is -0.381 e. The second-order valence-electron chi connectivity index (χ2n) is 4.88. The van der Waals surface area contributed by atoms with Crippen LogP contribution < -0.4 is 5.32 Å². The lowest BCUT2D eigenvalue weighted by molar-refractivity contribution is 0.625. The molecule has 3 aromatic carbocycles. The number of fused-ring (bicyclic) bond motifs is 1. The van der Waals surface area contributed by atoms with Crippen molar-refractivity contribution in [2.24, 2.45) is 0 Å². The maximum absolute atomic E-state index is 13.4. The molecule has 3 aromatic rings. The van der Waals surface area contributed by atoms with Crippen molar-refractivity contribution in [3.8, 4) is 6.07 Å². The second kappa shape index (κ2) is 5.64. The average molecular weight is 276 g/mol. The highest BCUT2D eigenvalue weighted by Gasteiger charge is 2.01. The van der Waals surface area contributed by atoms with E-state index < -0.39 is 0 Å². The molecule has 0 saturated heterocycles. The monoisotopic (exact) mass is 276 g/mol. The van der Waals surface area contributed by atoms with Crippen LogP contribution in [0.3, 0.4) is 0 Å². The maximum atomic E-state index is 13.4. The molecule has 0 unspecified atom stereocenters. The van der Waals surface area contributed by atoms with Gasteiger partial charge in [-0.25, -0.2) is 4.39 Å². The summed E-state index contributed by atoms with van der Waals surface area (Å²) in [6, 6.07) is 20.5. The van der Waals surface area contributed by atoms with Crippen LogP contribution in [0.4, 0.5) is 10.1 Å². The standard InChI is InChI=1S/C18H13FN2/c19-17-8-13(11-20)7-14(9-17)12-21-18-6-5-15-3-1-2-4-16(15)10-18/h1-10,21H,12H2. The molecule has 0 heterocycles. The van der Waals surface area contributed by atoms with Crippen LogP contribution in [0.15, 0.2) is 60.7 Å². The van der Waals surface area contributed by atoms with Crippen LogP contribution in [0.5, 0.6) is 0 Å². The Labute approximate surface area is 122 Å². The first-order valence-corrected chi connectivity index (χ1v) is 6.67. The van der Waals surface area contributed by atoms with E-state index in [1.807, 2.05) is 30.3 Å². The summed E-state index contributed by atoms with van der Waals surface area (Å²) in [5.74, 6) is -0.385. The highest BCUT2D eigenvalue weighted by molar-refractivity contribution is 5.85. The first-order chi connectivity index (χ1) is 10.2. The summed E-state index contributed by atoms with van der Waals surface area (Å²) in [6.45, 7) is 0.477. The van der Waals surface area contributed by atoms with Crippen molar-refractivity contribution in [2.75, 3.05) is 5.32 Å². The lowest BCUT2D eigenvalue weighted by Crippen LogP contribution is -2.00. The van der Waals surface area contributed by atoms with Crippen molar-refractivity contribution in [3.05, 3.63) is 77.6 Å². The van der Waals surface area contributed by atoms with Gasteiger partial charge in [0.25, 0.3) is 0 Å². The molecule has 0 amide bonds. The van der Waals surface area contributed by atoms with Gasteiger partial charge in [0.15, 0.2) is 0 Å². The zero-order chi connectivity index (χ0) is 14.7. The number of halogens is 1. The van der Waals surface area contributed by atoms with Crippen LogP contribution in [0, 0.1) is 17.1 Å². The first-order valence-electron chi connectivity index (χ1n) is 6.67. The number of rotatable bonds is 3. The number of hydrogen-bond acceptors (Lipinski definition) is 2. The van der Waals surface area contributed by atoms with Crippen LogP contribution >= 0.6 is 0 Å². The molecule has 0 aliphatic heterocycles. The quantitative estimate of drug-likeness (QED) is 0.766. The van der Waals surface area contributed by atoms with Gasteiger partial charge in [-0.1, -0.05) is 30.3 Å². The van der Waals surface area contributed by atoms with E-state index in [2.05, 4.69) is 23.5 Å². The van der Waals surface area contributed by atoms with Crippen molar-refractivity contribution in [1.82, 2.24) is 0 Å². The molecule has 3 rings (SSSR count). The lowest BCUT2D eigenvalue weighted by atomic mass is 10.1. The normalized spacial score (nSPS) is 10.3. The second-order valence-corrected chi connectivity index (χ2v) is 4.88. The molecule has 0 bridgehead atoms. The van der Waals surface area contributed by atoms with Crippen LogP contribution in [0.25, 0.3) is 10.8 Å². The number of nitrogens with one attached hydrogen (secondary N) is 1. The molecule has 0 fully saturated rings. The first kappa shape index (κ1) is 13.1. The molecule has 0 atom stereocenters. The summed E-state index contributed by atoms with van der Waals surface area (Å²) in [6.07, 6.45) is 0. The molecular weight excluding hydrogens is 263 g/mol. The fourth-order valence-electron chi connectivity index (χ4n) is 2.32. The summed E-state index contributed by atoms with van der Waals surface area (Å²) >= 11 is 0. The summed E-state index contributed by atoms with van der Waals surface area (Å²) in [7, 11) is 0. The van der Waals surface area contributed by atoms with Gasteiger partial charge >= 0.3 is 0 Å². The molecular formula is C18H13FN2. The van der Waals surface area contributed by atoms with Crippen molar-refractivity contribution < 1.29 is 4.39 Å². The third-order valence-corrected chi connectivity index (χ3v) is 3.33. The fraction of sp³-hybridized carbons (Fsp3) is 0.0556. The number of benzene rings is 3. The van der Waals surface area contributed by atoms with Gasteiger partial charge < -0.3 is 5.32 Å². The largest absolute Gasteiger partial charge is 0.381 e. The Hall–Kier alpha value is -2.86. The van der Waals surface area contributed by atoms with E-state index in [9.17, 15) is 4.39 Å².